The maximum atomic E-state index is 14.0. The molecule has 0 saturated carbocycles. The molecule has 1 aliphatic rings. The minimum absolute atomic E-state index is 0.143. The number of aromatic hydroxyl groups is 1. The summed E-state index contributed by atoms with van der Waals surface area (Å²) < 4.78 is 15.5. The van der Waals surface area contributed by atoms with Crippen LogP contribution in [-0.2, 0) is 6.42 Å². The number of hydrogen-bond donors (Lipinski definition) is 2. The van der Waals surface area contributed by atoms with Crippen molar-refractivity contribution in [2.45, 2.75) is 25.8 Å². The van der Waals surface area contributed by atoms with E-state index in [9.17, 15) is 19.1 Å². The van der Waals surface area contributed by atoms with Crippen molar-refractivity contribution in [1.29, 1.82) is 0 Å². The molecule has 1 amide bonds. The van der Waals surface area contributed by atoms with Crippen LogP contribution in [0.3, 0.4) is 0 Å². The number of halogens is 1. The Balaban J connectivity index is 1.80. The van der Waals surface area contributed by atoms with Gasteiger partial charge in [0.2, 0.25) is 0 Å². The van der Waals surface area contributed by atoms with E-state index in [1.807, 2.05) is 6.92 Å². The Morgan fingerprint density at radius 3 is 2.89 bits per heavy atom. The van der Waals surface area contributed by atoms with Crippen molar-refractivity contribution in [2.75, 3.05) is 0 Å². The van der Waals surface area contributed by atoms with Gasteiger partial charge >= 0.3 is 0 Å². The summed E-state index contributed by atoms with van der Waals surface area (Å²) in [6.45, 7) is 1.85. The average molecular weight is 380 g/mol. The first-order valence-electron chi connectivity index (χ1n) is 8.80. The summed E-state index contributed by atoms with van der Waals surface area (Å²) in [6, 6.07) is 5.70. The van der Waals surface area contributed by atoms with Crippen LogP contribution in [0.5, 0.6) is 5.75 Å². The zero-order chi connectivity index (χ0) is 19.8. The second-order valence-electron chi connectivity index (χ2n) is 6.73. The van der Waals surface area contributed by atoms with Crippen molar-refractivity contribution < 1.29 is 14.3 Å². The normalized spacial score (nSPS) is 15.9. The summed E-state index contributed by atoms with van der Waals surface area (Å²) in [5.41, 5.74) is 2.99. The molecule has 4 rings (SSSR count). The maximum Gasteiger partial charge on any atom is 0.280 e. The quantitative estimate of drug-likeness (QED) is 0.539. The molecule has 8 heteroatoms. The van der Waals surface area contributed by atoms with Gasteiger partial charge in [-0.3, -0.25) is 14.6 Å². The van der Waals surface area contributed by atoms with E-state index in [0.29, 0.717) is 29.5 Å². The number of nitrogens with zero attached hydrogens (tertiary/aromatic N) is 3. The summed E-state index contributed by atoms with van der Waals surface area (Å²) in [6.07, 6.45) is 5.76. The lowest BCUT2D eigenvalue weighted by Crippen LogP contribution is -2.34. The van der Waals surface area contributed by atoms with Crippen molar-refractivity contribution in [3.05, 3.63) is 69.5 Å². The number of carbonyl (C=O) groups is 1. The standard InChI is InChI=1S/C20H17FN4O3/c1-11-2-3-13-8-14(21)9-15-17(13)25(11)20(28)16(18(15)26)19(27)24-23-10-12-4-6-22-7-5-12/h4-11,26H,2-3H2,1H3,(H,24,27)/b23-10-/t11-/m0/s1. The zero-order valence-electron chi connectivity index (χ0n) is 15.0. The maximum absolute atomic E-state index is 14.0. The van der Waals surface area contributed by atoms with Crippen molar-refractivity contribution >= 4 is 23.0 Å². The minimum atomic E-state index is -0.859. The van der Waals surface area contributed by atoms with E-state index in [1.54, 1.807) is 24.5 Å². The fourth-order valence-corrected chi connectivity index (χ4v) is 3.56. The number of pyridine rings is 2. The van der Waals surface area contributed by atoms with Crippen LogP contribution in [0, 0.1) is 5.82 Å². The summed E-state index contributed by atoms with van der Waals surface area (Å²) in [7, 11) is 0. The fourth-order valence-electron chi connectivity index (χ4n) is 3.56. The van der Waals surface area contributed by atoms with Gasteiger partial charge in [0.1, 0.15) is 17.1 Å². The molecule has 1 aliphatic heterocycles. The van der Waals surface area contributed by atoms with Crippen LogP contribution in [0.25, 0.3) is 10.9 Å². The molecule has 3 aromatic rings. The van der Waals surface area contributed by atoms with Crippen LogP contribution in [-0.4, -0.2) is 26.8 Å². The molecule has 2 aromatic heterocycles. The first-order valence-corrected chi connectivity index (χ1v) is 8.80. The van der Waals surface area contributed by atoms with Crippen molar-refractivity contribution in [3.63, 3.8) is 0 Å². The highest BCUT2D eigenvalue weighted by Crippen LogP contribution is 2.35. The van der Waals surface area contributed by atoms with Crippen LogP contribution >= 0.6 is 0 Å². The summed E-state index contributed by atoms with van der Waals surface area (Å²) in [4.78, 5) is 29.4. The van der Waals surface area contributed by atoms with Gasteiger partial charge in [-0.15, -0.1) is 0 Å². The number of aromatic nitrogens is 2. The van der Waals surface area contributed by atoms with E-state index >= 15 is 0 Å². The Hall–Kier alpha value is -3.55. The van der Waals surface area contributed by atoms with Crippen LogP contribution in [0.2, 0.25) is 0 Å². The van der Waals surface area contributed by atoms with E-state index in [4.69, 9.17) is 0 Å². The molecule has 1 atom stereocenters. The third-order valence-corrected chi connectivity index (χ3v) is 4.90. The number of rotatable bonds is 3. The van der Waals surface area contributed by atoms with E-state index in [2.05, 4.69) is 15.5 Å². The second kappa shape index (κ2) is 6.88. The molecular weight excluding hydrogens is 363 g/mol. The van der Waals surface area contributed by atoms with Gasteiger partial charge in [-0.2, -0.15) is 5.10 Å². The Kier molecular flexibility index (Phi) is 4.38. The topological polar surface area (TPSA) is 96.6 Å². The highest BCUT2D eigenvalue weighted by molar-refractivity contribution is 6.03. The van der Waals surface area contributed by atoms with E-state index in [0.717, 1.165) is 6.07 Å². The van der Waals surface area contributed by atoms with Gasteiger partial charge in [0, 0.05) is 23.8 Å². The van der Waals surface area contributed by atoms with E-state index < -0.39 is 28.6 Å². The third kappa shape index (κ3) is 2.92. The molecule has 0 radical (unpaired) electrons. The number of benzene rings is 1. The SMILES string of the molecule is C[C@H]1CCc2cc(F)cc3c(O)c(C(=O)N/N=C\c4ccncc4)c(=O)n1c23. The Morgan fingerprint density at radius 2 is 2.14 bits per heavy atom. The number of hydrazone groups is 1. The van der Waals surface area contributed by atoms with Crippen LogP contribution in [0.15, 0.2) is 46.6 Å². The molecule has 0 saturated heterocycles. The molecule has 0 spiro atoms. The van der Waals surface area contributed by atoms with Crippen molar-refractivity contribution in [3.8, 4) is 5.75 Å². The number of aryl methyl sites for hydroxylation is 1. The molecule has 0 unspecified atom stereocenters. The highest BCUT2D eigenvalue weighted by atomic mass is 19.1. The zero-order valence-corrected chi connectivity index (χ0v) is 15.0. The Labute approximate surface area is 159 Å². The fraction of sp³-hybridized carbons (Fsp3) is 0.200. The molecule has 1 aromatic carbocycles. The van der Waals surface area contributed by atoms with Gasteiger partial charge in [-0.05, 0) is 55.2 Å². The lowest BCUT2D eigenvalue weighted by molar-refractivity contribution is 0.0950. The largest absolute Gasteiger partial charge is 0.506 e. The predicted octanol–water partition coefficient (Wildman–Crippen LogP) is 2.51. The average Bonchev–Trinajstić information content (AvgIpc) is 2.67. The first-order chi connectivity index (χ1) is 13.5. The molecule has 7 nitrogen and oxygen atoms in total. The molecule has 3 heterocycles. The molecule has 0 fully saturated rings. The number of hydrogen-bond acceptors (Lipinski definition) is 5. The molecule has 28 heavy (non-hydrogen) atoms. The number of carbonyl (C=O) groups excluding carboxylic acids is 1. The highest BCUT2D eigenvalue weighted by Gasteiger charge is 2.28. The van der Waals surface area contributed by atoms with Crippen LogP contribution in [0.4, 0.5) is 4.39 Å². The van der Waals surface area contributed by atoms with Gasteiger partial charge in [-0.25, -0.2) is 9.82 Å². The molecule has 0 aliphatic carbocycles. The number of nitrogens with one attached hydrogen (secondary N) is 1. The molecular formula is C20H17FN4O3. The van der Waals surface area contributed by atoms with E-state index in [1.165, 1.54) is 16.8 Å². The summed E-state index contributed by atoms with van der Waals surface area (Å²) in [5.74, 6) is -1.93. The third-order valence-electron chi connectivity index (χ3n) is 4.90. The predicted molar refractivity (Wildman–Crippen MR) is 102 cm³/mol. The van der Waals surface area contributed by atoms with E-state index in [-0.39, 0.29) is 11.4 Å². The van der Waals surface area contributed by atoms with Crippen molar-refractivity contribution in [2.24, 2.45) is 5.10 Å². The van der Waals surface area contributed by atoms with Gasteiger partial charge in [0.05, 0.1) is 11.7 Å². The Bertz CT molecular complexity index is 1170. The minimum Gasteiger partial charge on any atom is -0.506 e. The van der Waals surface area contributed by atoms with Gasteiger partial charge in [-0.1, -0.05) is 0 Å². The lowest BCUT2D eigenvalue weighted by atomic mass is 9.95. The van der Waals surface area contributed by atoms with Crippen LogP contribution in [0.1, 0.15) is 40.9 Å². The van der Waals surface area contributed by atoms with Gasteiger partial charge in [0.25, 0.3) is 11.5 Å². The monoisotopic (exact) mass is 380 g/mol. The summed E-state index contributed by atoms with van der Waals surface area (Å²) in [5, 5.41) is 14.6. The van der Waals surface area contributed by atoms with Crippen LogP contribution < -0.4 is 11.0 Å². The number of amides is 1. The lowest BCUT2D eigenvalue weighted by Gasteiger charge is -2.26. The molecule has 142 valence electrons. The first kappa shape index (κ1) is 17.8. The Morgan fingerprint density at radius 1 is 1.39 bits per heavy atom. The molecule has 2 N–H and O–H groups in total. The molecule has 0 bridgehead atoms. The summed E-state index contributed by atoms with van der Waals surface area (Å²) >= 11 is 0. The van der Waals surface area contributed by atoms with Gasteiger partial charge < -0.3 is 9.67 Å². The second-order valence-corrected chi connectivity index (χ2v) is 6.73. The smallest absolute Gasteiger partial charge is 0.280 e. The van der Waals surface area contributed by atoms with Gasteiger partial charge in [0.15, 0.2) is 0 Å². The van der Waals surface area contributed by atoms with Crippen molar-refractivity contribution in [1.82, 2.24) is 15.0 Å².